The van der Waals surface area contributed by atoms with E-state index in [1.165, 1.54) is 16.9 Å². The Morgan fingerprint density at radius 3 is 2.81 bits per heavy atom. The molecule has 0 radical (unpaired) electrons. The zero-order valence-corrected chi connectivity index (χ0v) is 15.2. The van der Waals surface area contributed by atoms with Gasteiger partial charge in [0.25, 0.3) is 0 Å². The highest BCUT2D eigenvalue weighted by Gasteiger charge is 2.11. The Labute approximate surface area is 159 Å². The lowest BCUT2D eigenvalue weighted by Gasteiger charge is -2.06. The molecule has 1 aromatic carbocycles. The predicted molar refractivity (Wildman–Crippen MR) is 104 cm³/mol. The van der Waals surface area contributed by atoms with Gasteiger partial charge in [-0.15, -0.1) is 26.6 Å². The Hall–Kier alpha value is -3.33. The van der Waals surface area contributed by atoms with Gasteiger partial charge in [0.05, 0.1) is 0 Å². The van der Waals surface area contributed by atoms with Gasteiger partial charge in [-0.25, -0.2) is 4.98 Å². The Morgan fingerprint density at radius 2 is 2.00 bits per heavy atom. The molecule has 3 heterocycles. The minimum atomic E-state index is -0.111. The van der Waals surface area contributed by atoms with Crippen LogP contribution in [0.15, 0.2) is 54.0 Å². The van der Waals surface area contributed by atoms with Crippen molar-refractivity contribution >= 4 is 33.8 Å². The first-order valence-corrected chi connectivity index (χ1v) is 9.34. The molecule has 136 valence electrons. The van der Waals surface area contributed by atoms with Crippen molar-refractivity contribution in [3.05, 3.63) is 65.4 Å². The number of carbonyl (C=O) groups excluding carboxylic acids is 1. The Morgan fingerprint density at radius 1 is 1.11 bits per heavy atom. The van der Waals surface area contributed by atoms with Gasteiger partial charge in [-0.1, -0.05) is 30.3 Å². The molecule has 0 spiro atoms. The lowest BCUT2D eigenvalue weighted by atomic mass is 10.2. The molecule has 0 aliphatic heterocycles. The van der Waals surface area contributed by atoms with Crippen LogP contribution in [-0.4, -0.2) is 30.7 Å². The highest BCUT2D eigenvalue weighted by molar-refractivity contribution is 7.13. The summed E-state index contributed by atoms with van der Waals surface area (Å²) in [5.41, 5.74) is 1.82. The normalized spacial score (nSPS) is 10.8. The summed E-state index contributed by atoms with van der Waals surface area (Å²) in [6.07, 6.45) is 2.37. The van der Waals surface area contributed by atoms with E-state index in [4.69, 9.17) is 0 Å². The van der Waals surface area contributed by atoms with Gasteiger partial charge in [-0.3, -0.25) is 4.79 Å². The summed E-state index contributed by atoms with van der Waals surface area (Å²) in [7, 11) is 0. The van der Waals surface area contributed by atoms with Crippen molar-refractivity contribution in [2.24, 2.45) is 0 Å². The number of thiazole rings is 1. The summed E-state index contributed by atoms with van der Waals surface area (Å²) in [5, 5.41) is 21.3. The number of amides is 1. The summed E-state index contributed by atoms with van der Waals surface area (Å²) in [5.74, 6) is 1.25. The molecule has 0 atom stereocenters. The van der Waals surface area contributed by atoms with Gasteiger partial charge in [-0.05, 0) is 17.7 Å². The summed E-state index contributed by atoms with van der Waals surface area (Å²) in [6.45, 7) is 0.674. The monoisotopic (exact) mass is 379 g/mol. The first-order chi connectivity index (χ1) is 13.3. The second kappa shape index (κ2) is 7.92. The van der Waals surface area contributed by atoms with Gasteiger partial charge in [-0.2, -0.15) is 4.52 Å². The third-order valence-corrected chi connectivity index (χ3v) is 4.59. The number of benzene rings is 1. The minimum absolute atomic E-state index is 0.111. The van der Waals surface area contributed by atoms with E-state index in [-0.39, 0.29) is 12.3 Å². The van der Waals surface area contributed by atoms with Crippen molar-refractivity contribution < 1.29 is 4.79 Å². The Balaban J connectivity index is 1.41. The van der Waals surface area contributed by atoms with Crippen LogP contribution in [0, 0.1) is 0 Å². The first kappa shape index (κ1) is 17.1. The minimum Gasteiger partial charge on any atom is -0.365 e. The molecule has 27 heavy (non-hydrogen) atoms. The van der Waals surface area contributed by atoms with Crippen molar-refractivity contribution in [1.82, 2.24) is 24.8 Å². The molecule has 0 aliphatic rings. The van der Waals surface area contributed by atoms with Crippen LogP contribution < -0.4 is 10.6 Å². The quantitative estimate of drug-likeness (QED) is 0.512. The molecule has 8 nitrogen and oxygen atoms in total. The molecular weight excluding hydrogens is 362 g/mol. The van der Waals surface area contributed by atoms with Gasteiger partial charge in [0.15, 0.2) is 16.6 Å². The first-order valence-electron chi connectivity index (χ1n) is 8.46. The fourth-order valence-corrected chi connectivity index (χ4v) is 3.11. The molecule has 0 bridgehead atoms. The van der Waals surface area contributed by atoms with Crippen LogP contribution in [0.4, 0.5) is 10.9 Å². The number of rotatable bonds is 7. The van der Waals surface area contributed by atoms with Crippen molar-refractivity contribution in [2.45, 2.75) is 19.4 Å². The number of carbonyl (C=O) groups is 1. The Kier molecular flexibility index (Phi) is 5.01. The third-order valence-electron chi connectivity index (χ3n) is 3.90. The molecule has 2 N–H and O–H groups in total. The maximum absolute atomic E-state index is 12.0. The summed E-state index contributed by atoms with van der Waals surface area (Å²) >= 11 is 1.39. The van der Waals surface area contributed by atoms with Crippen LogP contribution in [0.1, 0.15) is 17.8 Å². The second-order valence-electron chi connectivity index (χ2n) is 5.83. The van der Waals surface area contributed by atoms with Crippen LogP contribution in [0.25, 0.3) is 5.65 Å². The standard InChI is InChI=1S/C18H17N7OS/c26-17(21-18-19-10-11-27-18)9-8-16-23-22-15-7-6-14(24-25(15)16)20-12-13-4-2-1-3-5-13/h1-7,10-11H,8-9,12H2,(H,20,24)(H,19,21,26). The van der Waals surface area contributed by atoms with Gasteiger partial charge in [0, 0.05) is 31.0 Å². The summed E-state index contributed by atoms with van der Waals surface area (Å²) in [4.78, 5) is 16.1. The van der Waals surface area contributed by atoms with Crippen LogP contribution in [0.2, 0.25) is 0 Å². The van der Waals surface area contributed by atoms with E-state index in [9.17, 15) is 4.79 Å². The number of hydrogen-bond donors (Lipinski definition) is 2. The van der Waals surface area contributed by atoms with Crippen LogP contribution in [0.5, 0.6) is 0 Å². The number of aromatic nitrogens is 5. The average molecular weight is 379 g/mol. The van der Waals surface area contributed by atoms with E-state index in [1.54, 1.807) is 10.7 Å². The topological polar surface area (TPSA) is 97.1 Å². The second-order valence-corrected chi connectivity index (χ2v) is 6.72. The number of aryl methyl sites for hydroxylation is 1. The maximum Gasteiger partial charge on any atom is 0.226 e. The average Bonchev–Trinajstić information content (AvgIpc) is 3.35. The van der Waals surface area contributed by atoms with Gasteiger partial charge in [0.2, 0.25) is 5.91 Å². The molecule has 0 unspecified atom stereocenters. The van der Waals surface area contributed by atoms with Gasteiger partial charge in [0.1, 0.15) is 5.82 Å². The van der Waals surface area contributed by atoms with Crippen molar-refractivity contribution in [1.29, 1.82) is 0 Å². The number of fused-ring (bicyclic) bond motifs is 1. The predicted octanol–water partition coefficient (Wildman–Crippen LogP) is 2.76. The number of anilines is 2. The van der Waals surface area contributed by atoms with Crippen LogP contribution in [0.3, 0.4) is 0 Å². The van der Waals surface area contributed by atoms with Gasteiger partial charge < -0.3 is 10.6 Å². The van der Waals surface area contributed by atoms with E-state index < -0.39 is 0 Å². The van der Waals surface area contributed by atoms with Crippen molar-refractivity contribution in [3.8, 4) is 0 Å². The van der Waals surface area contributed by atoms with Crippen molar-refractivity contribution in [3.63, 3.8) is 0 Å². The molecule has 1 amide bonds. The highest BCUT2D eigenvalue weighted by Crippen LogP contribution is 2.12. The zero-order valence-electron chi connectivity index (χ0n) is 14.4. The molecular formula is C18H17N7OS. The lowest BCUT2D eigenvalue weighted by Crippen LogP contribution is -2.13. The molecule has 0 saturated carbocycles. The molecule has 0 aliphatic carbocycles. The lowest BCUT2D eigenvalue weighted by molar-refractivity contribution is -0.116. The SMILES string of the molecule is O=C(CCc1nnc2ccc(NCc3ccccc3)nn12)Nc1nccs1. The number of nitrogens with one attached hydrogen (secondary N) is 2. The highest BCUT2D eigenvalue weighted by atomic mass is 32.1. The molecule has 4 rings (SSSR count). The molecule has 4 aromatic rings. The number of nitrogens with zero attached hydrogens (tertiary/aromatic N) is 5. The van der Waals surface area contributed by atoms with Crippen LogP contribution >= 0.6 is 11.3 Å². The third kappa shape index (κ3) is 4.26. The smallest absolute Gasteiger partial charge is 0.226 e. The van der Waals surface area contributed by atoms with E-state index >= 15 is 0 Å². The fraction of sp³-hybridized carbons (Fsp3) is 0.167. The van der Waals surface area contributed by atoms with Crippen LogP contribution in [-0.2, 0) is 17.8 Å². The van der Waals surface area contributed by atoms with E-state index in [0.29, 0.717) is 29.6 Å². The number of hydrogen-bond acceptors (Lipinski definition) is 7. The molecule has 3 aromatic heterocycles. The van der Waals surface area contributed by atoms with E-state index in [1.807, 2.05) is 35.7 Å². The van der Waals surface area contributed by atoms with Crippen molar-refractivity contribution in [2.75, 3.05) is 10.6 Å². The maximum atomic E-state index is 12.0. The van der Waals surface area contributed by atoms with E-state index in [2.05, 4.69) is 43.0 Å². The molecule has 0 fully saturated rings. The summed E-state index contributed by atoms with van der Waals surface area (Å²) in [6, 6.07) is 13.8. The summed E-state index contributed by atoms with van der Waals surface area (Å²) < 4.78 is 1.67. The zero-order chi connectivity index (χ0) is 18.5. The molecule has 9 heteroatoms. The largest absolute Gasteiger partial charge is 0.365 e. The Bertz CT molecular complexity index is 1030. The van der Waals surface area contributed by atoms with E-state index in [0.717, 1.165) is 5.82 Å². The fourth-order valence-electron chi connectivity index (χ4n) is 2.56. The van der Waals surface area contributed by atoms with Gasteiger partial charge >= 0.3 is 0 Å². The molecule has 0 saturated heterocycles.